The van der Waals surface area contributed by atoms with Crippen molar-refractivity contribution in [3.8, 4) is 17.1 Å². The SMILES string of the molecule is Nc1nc(-c2ccc(OC(F)(F)F)cc2)ns1. The summed E-state index contributed by atoms with van der Waals surface area (Å²) < 4.78 is 43.4. The number of rotatable bonds is 2. The monoisotopic (exact) mass is 261 g/mol. The zero-order valence-electron chi connectivity index (χ0n) is 8.23. The third-order valence-corrected chi connectivity index (χ3v) is 2.33. The summed E-state index contributed by atoms with van der Waals surface area (Å²) in [5.41, 5.74) is 5.98. The second-order valence-corrected chi connectivity index (χ2v) is 3.81. The molecule has 0 fully saturated rings. The van der Waals surface area contributed by atoms with Gasteiger partial charge in [0, 0.05) is 17.1 Å². The molecule has 1 heterocycles. The number of nitrogen functional groups attached to an aromatic ring is 1. The first-order valence-electron chi connectivity index (χ1n) is 4.39. The van der Waals surface area contributed by atoms with Gasteiger partial charge >= 0.3 is 6.36 Å². The molecule has 0 saturated heterocycles. The number of aromatic nitrogens is 2. The van der Waals surface area contributed by atoms with Crippen LogP contribution in [0.3, 0.4) is 0 Å². The molecule has 0 aliphatic carbocycles. The number of halogens is 3. The van der Waals surface area contributed by atoms with E-state index in [1.165, 1.54) is 24.3 Å². The van der Waals surface area contributed by atoms with Gasteiger partial charge in [0.25, 0.3) is 0 Å². The predicted octanol–water partition coefficient (Wildman–Crippen LogP) is 2.69. The minimum Gasteiger partial charge on any atom is -0.406 e. The van der Waals surface area contributed by atoms with Gasteiger partial charge in [-0.15, -0.1) is 13.2 Å². The second kappa shape index (κ2) is 4.21. The highest BCUT2D eigenvalue weighted by Crippen LogP contribution is 2.26. The van der Waals surface area contributed by atoms with Crippen LogP contribution in [0.4, 0.5) is 18.3 Å². The molecule has 8 heteroatoms. The number of hydrogen-bond donors (Lipinski definition) is 1. The van der Waals surface area contributed by atoms with Gasteiger partial charge in [-0.25, -0.2) is 0 Å². The Labute approximate surface area is 98.0 Å². The van der Waals surface area contributed by atoms with Crippen LogP contribution in [0.2, 0.25) is 0 Å². The van der Waals surface area contributed by atoms with E-state index in [1.807, 2.05) is 0 Å². The summed E-state index contributed by atoms with van der Waals surface area (Å²) in [6.45, 7) is 0. The number of ether oxygens (including phenoxy) is 1. The lowest BCUT2D eigenvalue weighted by Gasteiger charge is -2.08. The number of anilines is 1. The molecule has 0 aliphatic rings. The maximum Gasteiger partial charge on any atom is 0.573 e. The van der Waals surface area contributed by atoms with Crippen LogP contribution < -0.4 is 10.5 Å². The van der Waals surface area contributed by atoms with Gasteiger partial charge in [0.2, 0.25) is 0 Å². The third kappa shape index (κ3) is 3.06. The van der Waals surface area contributed by atoms with Crippen LogP contribution >= 0.6 is 11.5 Å². The molecular weight excluding hydrogens is 255 g/mol. The van der Waals surface area contributed by atoms with Crippen LogP contribution in [0.25, 0.3) is 11.4 Å². The summed E-state index contributed by atoms with van der Waals surface area (Å²) in [6, 6.07) is 5.26. The van der Waals surface area contributed by atoms with Crippen molar-refractivity contribution in [1.82, 2.24) is 9.36 Å². The van der Waals surface area contributed by atoms with E-state index in [0.717, 1.165) is 11.5 Å². The van der Waals surface area contributed by atoms with Crippen molar-refractivity contribution >= 4 is 16.7 Å². The van der Waals surface area contributed by atoms with Crippen molar-refractivity contribution in [2.75, 3.05) is 5.73 Å². The van der Waals surface area contributed by atoms with Crippen LogP contribution in [0.15, 0.2) is 24.3 Å². The Hall–Kier alpha value is -1.83. The Balaban J connectivity index is 2.19. The Morgan fingerprint density at radius 2 is 1.82 bits per heavy atom. The Bertz CT molecular complexity index is 509. The summed E-state index contributed by atoms with van der Waals surface area (Å²) >= 11 is 1.02. The lowest BCUT2D eigenvalue weighted by molar-refractivity contribution is -0.274. The number of alkyl halides is 3. The molecule has 2 N–H and O–H groups in total. The molecule has 2 rings (SSSR count). The van der Waals surface area contributed by atoms with E-state index in [1.54, 1.807) is 0 Å². The minimum absolute atomic E-state index is 0.288. The summed E-state index contributed by atoms with van der Waals surface area (Å²) in [7, 11) is 0. The van der Waals surface area contributed by atoms with Gasteiger partial charge in [-0.05, 0) is 24.3 Å². The molecule has 1 aromatic heterocycles. The normalized spacial score (nSPS) is 11.5. The Morgan fingerprint density at radius 3 is 2.29 bits per heavy atom. The quantitative estimate of drug-likeness (QED) is 0.902. The zero-order chi connectivity index (χ0) is 12.5. The molecule has 4 nitrogen and oxygen atoms in total. The fourth-order valence-corrected chi connectivity index (χ4v) is 1.61. The molecule has 0 aliphatic heterocycles. The first-order chi connectivity index (χ1) is 7.94. The molecule has 0 bridgehead atoms. The average Bonchev–Trinajstić information content (AvgIpc) is 2.63. The van der Waals surface area contributed by atoms with E-state index in [4.69, 9.17) is 5.73 Å². The van der Waals surface area contributed by atoms with Gasteiger partial charge in [-0.1, -0.05) is 0 Å². The van der Waals surface area contributed by atoms with Gasteiger partial charge in [0.05, 0.1) is 0 Å². The van der Waals surface area contributed by atoms with E-state index in [9.17, 15) is 13.2 Å². The smallest absolute Gasteiger partial charge is 0.406 e. The van der Waals surface area contributed by atoms with Gasteiger partial charge in [0.15, 0.2) is 11.0 Å². The van der Waals surface area contributed by atoms with Gasteiger partial charge in [-0.2, -0.15) is 9.36 Å². The topological polar surface area (TPSA) is 61.0 Å². The number of benzene rings is 1. The summed E-state index contributed by atoms with van der Waals surface area (Å²) in [5, 5.41) is 0.301. The number of hydrogen-bond acceptors (Lipinski definition) is 5. The molecule has 0 spiro atoms. The summed E-state index contributed by atoms with van der Waals surface area (Å²) in [6.07, 6.45) is -4.69. The first-order valence-corrected chi connectivity index (χ1v) is 5.17. The summed E-state index contributed by atoms with van der Waals surface area (Å²) in [5.74, 6) is 0.0931. The van der Waals surface area contributed by atoms with Crippen molar-refractivity contribution in [3.63, 3.8) is 0 Å². The number of nitrogens with two attached hydrogens (primary N) is 1. The standard InChI is InChI=1S/C9H6F3N3OS/c10-9(11,12)16-6-3-1-5(2-4-6)7-14-8(13)17-15-7/h1-4H,(H2,13,14,15). The average molecular weight is 261 g/mol. The second-order valence-electron chi connectivity index (χ2n) is 3.03. The molecule has 1 aromatic carbocycles. The van der Waals surface area contributed by atoms with Crippen LogP contribution in [-0.4, -0.2) is 15.7 Å². The van der Waals surface area contributed by atoms with Crippen molar-refractivity contribution in [2.24, 2.45) is 0 Å². The predicted molar refractivity (Wildman–Crippen MR) is 56.4 cm³/mol. The Kier molecular flexibility index (Phi) is 2.88. The maximum atomic E-state index is 11.9. The summed E-state index contributed by atoms with van der Waals surface area (Å²) in [4.78, 5) is 3.91. The third-order valence-electron chi connectivity index (χ3n) is 1.79. The first kappa shape index (κ1) is 11.6. The molecule has 17 heavy (non-hydrogen) atoms. The van der Waals surface area contributed by atoms with E-state index in [-0.39, 0.29) is 5.75 Å². The number of nitrogens with zero attached hydrogens (tertiary/aromatic N) is 2. The molecule has 90 valence electrons. The van der Waals surface area contributed by atoms with E-state index in [0.29, 0.717) is 16.5 Å². The lowest BCUT2D eigenvalue weighted by atomic mass is 10.2. The van der Waals surface area contributed by atoms with Crippen LogP contribution in [0.5, 0.6) is 5.75 Å². The molecular formula is C9H6F3N3OS. The Morgan fingerprint density at radius 1 is 1.18 bits per heavy atom. The fraction of sp³-hybridized carbons (Fsp3) is 0.111. The fourth-order valence-electron chi connectivity index (χ4n) is 1.16. The van der Waals surface area contributed by atoms with Crippen molar-refractivity contribution < 1.29 is 17.9 Å². The lowest BCUT2D eigenvalue weighted by Crippen LogP contribution is -2.16. The minimum atomic E-state index is -4.69. The molecule has 0 saturated carbocycles. The molecule has 0 atom stereocenters. The van der Waals surface area contributed by atoms with E-state index < -0.39 is 6.36 Å². The largest absolute Gasteiger partial charge is 0.573 e. The van der Waals surface area contributed by atoms with Crippen LogP contribution in [-0.2, 0) is 0 Å². The highest BCUT2D eigenvalue weighted by Gasteiger charge is 2.30. The van der Waals surface area contributed by atoms with Crippen LogP contribution in [0, 0.1) is 0 Å². The highest BCUT2D eigenvalue weighted by atomic mass is 32.1. The van der Waals surface area contributed by atoms with E-state index >= 15 is 0 Å². The van der Waals surface area contributed by atoms with Crippen molar-refractivity contribution in [3.05, 3.63) is 24.3 Å². The maximum absolute atomic E-state index is 11.9. The van der Waals surface area contributed by atoms with Gasteiger partial charge in [0.1, 0.15) is 5.75 Å². The zero-order valence-corrected chi connectivity index (χ0v) is 9.05. The van der Waals surface area contributed by atoms with Gasteiger partial charge in [-0.3, -0.25) is 0 Å². The molecule has 0 amide bonds. The molecule has 0 unspecified atom stereocenters. The van der Waals surface area contributed by atoms with Crippen molar-refractivity contribution in [2.45, 2.75) is 6.36 Å². The van der Waals surface area contributed by atoms with E-state index in [2.05, 4.69) is 14.1 Å². The van der Waals surface area contributed by atoms with Crippen LogP contribution in [0.1, 0.15) is 0 Å². The highest BCUT2D eigenvalue weighted by molar-refractivity contribution is 7.09. The van der Waals surface area contributed by atoms with Crippen molar-refractivity contribution in [1.29, 1.82) is 0 Å². The molecule has 0 radical (unpaired) electrons. The molecule has 2 aromatic rings. The van der Waals surface area contributed by atoms with Gasteiger partial charge < -0.3 is 10.5 Å².